The maximum Gasteiger partial charge on any atom is 0.257 e. The van der Waals surface area contributed by atoms with Gasteiger partial charge in [-0.3, -0.25) is 10.1 Å². The van der Waals surface area contributed by atoms with Crippen molar-refractivity contribution in [1.29, 1.82) is 0 Å². The quantitative estimate of drug-likeness (QED) is 0.424. The Morgan fingerprint density at radius 3 is 2.36 bits per heavy atom. The molecular weight excluding hydrogens is 328 g/mol. The van der Waals surface area contributed by atoms with Crippen molar-refractivity contribution in [3.8, 4) is 0 Å². The molecule has 2 N–H and O–H groups in total. The largest absolute Gasteiger partial charge is 0.362 e. The lowest BCUT2D eigenvalue weighted by atomic mass is 9.87. The minimum absolute atomic E-state index is 0.0657. The number of amides is 1. The lowest BCUT2D eigenvalue weighted by Gasteiger charge is -2.19. The highest BCUT2D eigenvalue weighted by Crippen LogP contribution is 2.22. The van der Waals surface area contributed by atoms with Gasteiger partial charge in [-0.15, -0.1) is 0 Å². The van der Waals surface area contributed by atoms with Crippen LogP contribution in [-0.4, -0.2) is 17.6 Å². The van der Waals surface area contributed by atoms with E-state index in [0.717, 1.165) is 18.4 Å². The van der Waals surface area contributed by atoms with Crippen molar-refractivity contribution in [2.75, 3.05) is 6.54 Å². The van der Waals surface area contributed by atoms with Crippen LogP contribution >= 0.6 is 12.2 Å². The fraction of sp³-hybridized carbons (Fsp3) is 0.333. The van der Waals surface area contributed by atoms with E-state index in [1.54, 1.807) is 6.08 Å². The first-order valence-electron chi connectivity index (χ1n) is 8.41. The summed E-state index contributed by atoms with van der Waals surface area (Å²) in [5.74, 6) is -0.198. The number of thiocarbonyl (C=S) groups is 1. The third-order valence-electron chi connectivity index (χ3n) is 3.76. The van der Waals surface area contributed by atoms with E-state index >= 15 is 0 Å². The molecule has 0 aromatic heterocycles. The Morgan fingerprint density at radius 1 is 1.20 bits per heavy atom. The molecule has 134 valence electrons. The number of hydrogen-bond acceptors (Lipinski definition) is 2. The molecule has 0 bridgehead atoms. The van der Waals surface area contributed by atoms with Crippen LogP contribution in [0.2, 0.25) is 0 Å². The number of benzene rings is 1. The van der Waals surface area contributed by atoms with E-state index < -0.39 is 0 Å². The molecule has 25 heavy (non-hydrogen) atoms. The molecule has 0 saturated heterocycles. The molecule has 0 aliphatic rings. The molecule has 0 spiro atoms. The van der Waals surface area contributed by atoms with Crippen molar-refractivity contribution < 1.29 is 4.79 Å². The van der Waals surface area contributed by atoms with Gasteiger partial charge < -0.3 is 5.32 Å². The predicted molar refractivity (Wildman–Crippen MR) is 111 cm³/mol. The summed E-state index contributed by atoms with van der Waals surface area (Å²) in [5.41, 5.74) is 2.98. The maximum absolute atomic E-state index is 12.2. The summed E-state index contributed by atoms with van der Waals surface area (Å²) >= 11 is 5.18. The van der Waals surface area contributed by atoms with E-state index in [1.165, 1.54) is 5.56 Å². The molecule has 0 saturated carbocycles. The number of carbonyl (C=O) groups excluding carboxylic acids is 1. The minimum Gasteiger partial charge on any atom is -0.362 e. The van der Waals surface area contributed by atoms with Crippen LogP contribution in [0.3, 0.4) is 0 Å². The first-order chi connectivity index (χ1) is 11.8. The zero-order valence-corrected chi connectivity index (χ0v) is 16.2. The fourth-order valence-corrected chi connectivity index (χ4v) is 2.44. The van der Waals surface area contributed by atoms with Crippen molar-refractivity contribution in [2.24, 2.45) is 0 Å². The summed E-state index contributed by atoms with van der Waals surface area (Å²) in [6.07, 6.45) is 7.28. The van der Waals surface area contributed by atoms with Crippen LogP contribution in [0.5, 0.6) is 0 Å². The van der Waals surface area contributed by atoms with Gasteiger partial charge in [0.15, 0.2) is 5.11 Å². The average Bonchev–Trinajstić information content (AvgIpc) is 2.57. The number of nitrogens with one attached hydrogen (secondary N) is 2. The second kappa shape index (κ2) is 9.94. The van der Waals surface area contributed by atoms with E-state index in [1.807, 2.05) is 36.4 Å². The first kappa shape index (κ1) is 20.8. The fourth-order valence-electron chi connectivity index (χ4n) is 2.24. The molecule has 0 unspecified atom stereocenters. The highest BCUT2D eigenvalue weighted by atomic mass is 32.1. The van der Waals surface area contributed by atoms with Gasteiger partial charge >= 0.3 is 0 Å². The lowest BCUT2D eigenvalue weighted by molar-refractivity contribution is 0.0976. The van der Waals surface area contributed by atoms with Crippen molar-refractivity contribution in [3.63, 3.8) is 0 Å². The van der Waals surface area contributed by atoms with Gasteiger partial charge in [0.1, 0.15) is 0 Å². The van der Waals surface area contributed by atoms with Crippen molar-refractivity contribution in [1.82, 2.24) is 10.6 Å². The van der Waals surface area contributed by atoms with E-state index in [-0.39, 0.29) is 11.3 Å². The average molecular weight is 357 g/mol. The summed E-state index contributed by atoms with van der Waals surface area (Å²) in [7, 11) is 0. The first-order valence-corrected chi connectivity index (χ1v) is 8.82. The molecule has 0 fully saturated rings. The number of carbonyl (C=O) groups is 1. The molecule has 4 heteroatoms. The smallest absolute Gasteiger partial charge is 0.257 e. The number of hydrogen-bond donors (Lipinski definition) is 2. The second-order valence-corrected chi connectivity index (χ2v) is 7.23. The summed E-state index contributed by atoms with van der Waals surface area (Å²) in [5, 5.41) is 6.11. The molecule has 0 aliphatic carbocycles. The Balaban J connectivity index is 2.44. The molecule has 1 amide bonds. The monoisotopic (exact) mass is 356 g/mol. The standard InChI is InChI=1S/C21H28N2OS/c1-6-9-16(7-2)10-8-15-22-20(25)23-19(24)17-11-13-18(14-12-17)21(3,4)5/h6-7,9,11-14H,1-2,8,10,15H2,3-5H3,(H2,22,23,24,25)/b16-9+. The second-order valence-electron chi connectivity index (χ2n) is 6.82. The Labute approximate surface area is 156 Å². The predicted octanol–water partition coefficient (Wildman–Crippen LogP) is 4.67. The van der Waals surface area contributed by atoms with Gasteiger partial charge in [-0.1, -0.05) is 64.3 Å². The summed E-state index contributed by atoms with van der Waals surface area (Å²) in [4.78, 5) is 12.2. The van der Waals surface area contributed by atoms with Crippen LogP contribution in [0, 0.1) is 0 Å². The van der Waals surface area contributed by atoms with Gasteiger partial charge in [0.2, 0.25) is 0 Å². The van der Waals surface area contributed by atoms with Gasteiger partial charge in [0.05, 0.1) is 0 Å². The lowest BCUT2D eigenvalue weighted by Crippen LogP contribution is -2.39. The molecular formula is C21H28N2OS. The molecule has 0 heterocycles. The summed E-state index contributed by atoms with van der Waals surface area (Å²) < 4.78 is 0. The van der Waals surface area contributed by atoms with E-state index in [4.69, 9.17) is 12.2 Å². The maximum atomic E-state index is 12.2. The van der Waals surface area contributed by atoms with Crippen LogP contribution < -0.4 is 10.6 Å². The van der Waals surface area contributed by atoms with E-state index in [9.17, 15) is 4.79 Å². The molecule has 1 rings (SSSR count). The zero-order chi connectivity index (χ0) is 18.9. The van der Waals surface area contributed by atoms with Crippen molar-refractivity contribution in [2.45, 2.75) is 39.0 Å². The minimum atomic E-state index is -0.198. The molecule has 1 aromatic rings. The number of rotatable bonds is 7. The Bertz CT molecular complexity index is 651. The molecule has 3 nitrogen and oxygen atoms in total. The van der Waals surface area contributed by atoms with Crippen LogP contribution in [-0.2, 0) is 5.41 Å². The van der Waals surface area contributed by atoms with Crippen LogP contribution in [0.25, 0.3) is 0 Å². The summed E-state index contributed by atoms with van der Waals surface area (Å²) in [6.45, 7) is 14.6. The number of allylic oxidation sites excluding steroid dienone is 4. The zero-order valence-electron chi connectivity index (χ0n) is 15.4. The van der Waals surface area contributed by atoms with Crippen molar-refractivity contribution in [3.05, 3.63) is 72.4 Å². The summed E-state index contributed by atoms with van der Waals surface area (Å²) in [6, 6.07) is 7.62. The van der Waals surface area contributed by atoms with Crippen molar-refractivity contribution >= 4 is 23.2 Å². The third-order valence-corrected chi connectivity index (χ3v) is 4.01. The highest BCUT2D eigenvalue weighted by Gasteiger charge is 2.14. The topological polar surface area (TPSA) is 41.1 Å². The SMILES string of the molecule is C=C/C=C(\C=C)CCCNC(=S)NC(=O)c1ccc(C(C)(C)C)cc1. The van der Waals surface area contributed by atoms with Gasteiger partial charge in [-0.2, -0.15) is 0 Å². The van der Waals surface area contributed by atoms with Crippen LogP contribution in [0.1, 0.15) is 49.5 Å². The highest BCUT2D eigenvalue weighted by molar-refractivity contribution is 7.80. The molecule has 0 radical (unpaired) electrons. The van der Waals surface area contributed by atoms with Gasteiger partial charge in [-0.25, -0.2) is 0 Å². The third kappa shape index (κ3) is 7.48. The van der Waals surface area contributed by atoms with E-state index in [0.29, 0.717) is 17.2 Å². The Hall–Kier alpha value is -2.20. The Kier molecular flexibility index (Phi) is 8.29. The molecule has 1 aromatic carbocycles. The van der Waals surface area contributed by atoms with Crippen LogP contribution in [0.4, 0.5) is 0 Å². The van der Waals surface area contributed by atoms with Gasteiger partial charge in [-0.05, 0) is 53.7 Å². The van der Waals surface area contributed by atoms with Crippen LogP contribution in [0.15, 0.2) is 61.2 Å². The molecule has 0 aliphatic heterocycles. The molecule has 0 atom stereocenters. The Morgan fingerprint density at radius 2 is 1.84 bits per heavy atom. The normalized spacial score (nSPS) is 11.6. The van der Waals surface area contributed by atoms with Gasteiger partial charge in [0.25, 0.3) is 5.91 Å². The van der Waals surface area contributed by atoms with E-state index in [2.05, 4.69) is 44.6 Å². The van der Waals surface area contributed by atoms with Gasteiger partial charge in [0, 0.05) is 12.1 Å².